The Hall–Kier alpha value is -3.05. The molecule has 2 heterocycles. The highest BCUT2D eigenvalue weighted by molar-refractivity contribution is 5.94. The minimum atomic E-state index is -0.510. The largest absolute Gasteiger partial charge is 0.326 e. The Balaban J connectivity index is 1.51. The SMILES string of the molecule is O=C(Nc1cccc(-c2ccc(F)nc2)c1)C1CNCC1c1ccccc1. The standard InChI is InChI=1S/C22H20FN3O/c23-21-10-9-17(12-25-21)16-7-4-8-18(11-16)26-22(27)20-14-24-13-19(20)15-5-2-1-3-6-15/h1-12,19-20,24H,13-14H2,(H,26,27). The van der Waals surface area contributed by atoms with Crippen LogP contribution in [-0.2, 0) is 4.79 Å². The summed E-state index contributed by atoms with van der Waals surface area (Å²) in [6.07, 6.45) is 1.49. The highest BCUT2D eigenvalue weighted by Gasteiger charge is 2.33. The Morgan fingerprint density at radius 3 is 2.63 bits per heavy atom. The predicted octanol–water partition coefficient (Wildman–Crippen LogP) is 3.83. The molecule has 1 aliphatic rings. The number of carbonyl (C=O) groups excluding carboxylic acids is 1. The molecule has 1 aromatic heterocycles. The van der Waals surface area contributed by atoms with E-state index in [4.69, 9.17) is 0 Å². The molecule has 1 fully saturated rings. The number of anilines is 1. The summed E-state index contributed by atoms with van der Waals surface area (Å²) in [6.45, 7) is 1.45. The topological polar surface area (TPSA) is 54.0 Å². The number of pyridine rings is 1. The van der Waals surface area contributed by atoms with Crippen LogP contribution in [0.1, 0.15) is 11.5 Å². The van der Waals surface area contributed by atoms with Crippen LogP contribution in [0.4, 0.5) is 10.1 Å². The second-order valence-electron chi connectivity index (χ2n) is 6.72. The molecule has 2 aromatic carbocycles. The molecule has 3 aromatic rings. The van der Waals surface area contributed by atoms with E-state index in [2.05, 4.69) is 27.8 Å². The van der Waals surface area contributed by atoms with E-state index < -0.39 is 5.95 Å². The quantitative estimate of drug-likeness (QED) is 0.695. The van der Waals surface area contributed by atoms with Crippen LogP contribution in [-0.4, -0.2) is 24.0 Å². The Bertz CT molecular complexity index is 928. The van der Waals surface area contributed by atoms with Gasteiger partial charge in [-0.1, -0.05) is 42.5 Å². The molecular weight excluding hydrogens is 341 g/mol. The van der Waals surface area contributed by atoms with Crippen LogP contribution in [0.5, 0.6) is 0 Å². The van der Waals surface area contributed by atoms with Gasteiger partial charge in [0.2, 0.25) is 11.9 Å². The zero-order valence-corrected chi connectivity index (χ0v) is 14.7. The summed E-state index contributed by atoms with van der Waals surface area (Å²) in [5.41, 5.74) is 3.58. The van der Waals surface area contributed by atoms with Crippen molar-refractivity contribution in [3.8, 4) is 11.1 Å². The van der Waals surface area contributed by atoms with Gasteiger partial charge in [-0.25, -0.2) is 4.98 Å². The molecule has 2 atom stereocenters. The number of nitrogens with one attached hydrogen (secondary N) is 2. The fourth-order valence-corrected chi connectivity index (χ4v) is 3.56. The first-order chi connectivity index (χ1) is 13.2. The minimum Gasteiger partial charge on any atom is -0.326 e. The molecule has 136 valence electrons. The van der Waals surface area contributed by atoms with Gasteiger partial charge in [-0.3, -0.25) is 4.79 Å². The van der Waals surface area contributed by atoms with Crippen LogP contribution in [0, 0.1) is 11.9 Å². The normalized spacial score (nSPS) is 19.0. The Labute approximate surface area is 157 Å². The molecule has 1 amide bonds. The third-order valence-electron chi connectivity index (χ3n) is 4.97. The molecule has 0 spiro atoms. The summed E-state index contributed by atoms with van der Waals surface area (Å²) in [5.74, 6) is -0.466. The third-order valence-corrected chi connectivity index (χ3v) is 4.97. The fourth-order valence-electron chi connectivity index (χ4n) is 3.56. The first-order valence-electron chi connectivity index (χ1n) is 8.99. The molecule has 1 saturated heterocycles. The lowest BCUT2D eigenvalue weighted by molar-refractivity contribution is -0.119. The van der Waals surface area contributed by atoms with Gasteiger partial charge in [0.05, 0.1) is 5.92 Å². The van der Waals surface area contributed by atoms with Crippen molar-refractivity contribution in [3.05, 3.63) is 84.4 Å². The van der Waals surface area contributed by atoms with Crippen molar-refractivity contribution in [2.75, 3.05) is 18.4 Å². The molecule has 27 heavy (non-hydrogen) atoms. The van der Waals surface area contributed by atoms with Gasteiger partial charge in [0.15, 0.2) is 0 Å². The van der Waals surface area contributed by atoms with Crippen LogP contribution >= 0.6 is 0 Å². The van der Waals surface area contributed by atoms with E-state index >= 15 is 0 Å². The minimum absolute atomic E-state index is 0.00299. The second kappa shape index (κ2) is 7.68. The summed E-state index contributed by atoms with van der Waals surface area (Å²) in [7, 11) is 0. The number of rotatable bonds is 4. The smallest absolute Gasteiger partial charge is 0.229 e. The van der Waals surface area contributed by atoms with Crippen LogP contribution < -0.4 is 10.6 Å². The number of halogens is 1. The van der Waals surface area contributed by atoms with Crippen molar-refractivity contribution in [1.29, 1.82) is 0 Å². The molecule has 4 rings (SSSR count). The molecule has 2 unspecified atom stereocenters. The van der Waals surface area contributed by atoms with Crippen LogP contribution in [0.25, 0.3) is 11.1 Å². The molecule has 0 saturated carbocycles. The predicted molar refractivity (Wildman–Crippen MR) is 104 cm³/mol. The number of aromatic nitrogens is 1. The van der Waals surface area contributed by atoms with E-state index in [1.807, 2.05) is 42.5 Å². The van der Waals surface area contributed by atoms with E-state index in [0.717, 1.165) is 23.4 Å². The molecule has 2 N–H and O–H groups in total. The van der Waals surface area contributed by atoms with E-state index in [-0.39, 0.29) is 17.7 Å². The average molecular weight is 361 g/mol. The van der Waals surface area contributed by atoms with Crippen LogP contribution in [0.15, 0.2) is 72.9 Å². The van der Waals surface area contributed by atoms with Crippen molar-refractivity contribution in [2.45, 2.75) is 5.92 Å². The third kappa shape index (κ3) is 3.88. The van der Waals surface area contributed by atoms with Gasteiger partial charge in [0.25, 0.3) is 0 Å². The van der Waals surface area contributed by atoms with Crippen LogP contribution in [0.3, 0.4) is 0 Å². The first-order valence-corrected chi connectivity index (χ1v) is 8.99. The van der Waals surface area contributed by atoms with Gasteiger partial charge in [0, 0.05) is 36.5 Å². The molecule has 0 aliphatic carbocycles. The molecule has 5 heteroatoms. The van der Waals surface area contributed by atoms with Gasteiger partial charge in [0.1, 0.15) is 0 Å². The first kappa shape index (κ1) is 17.4. The summed E-state index contributed by atoms with van der Waals surface area (Å²) in [6, 6.07) is 20.7. The van der Waals surface area contributed by atoms with Crippen LogP contribution in [0.2, 0.25) is 0 Å². The zero-order chi connectivity index (χ0) is 18.6. The Kier molecular flexibility index (Phi) is 4.94. The maximum absolute atomic E-state index is 13.0. The molecule has 1 aliphatic heterocycles. The van der Waals surface area contributed by atoms with E-state index in [0.29, 0.717) is 6.54 Å². The Morgan fingerprint density at radius 2 is 1.85 bits per heavy atom. The molecular formula is C22H20FN3O. The lowest BCUT2D eigenvalue weighted by Crippen LogP contribution is -2.28. The van der Waals surface area contributed by atoms with Crippen molar-refractivity contribution in [3.63, 3.8) is 0 Å². The number of hydrogen-bond acceptors (Lipinski definition) is 3. The number of benzene rings is 2. The van der Waals surface area contributed by atoms with Gasteiger partial charge in [-0.2, -0.15) is 4.39 Å². The van der Waals surface area contributed by atoms with Crippen molar-refractivity contribution >= 4 is 11.6 Å². The Morgan fingerprint density at radius 1 is 1.00 bits per heavy atom. The molecule has 4 nitrogen and oxygen atoms in total. The number of nitrogens with zero attached hydrogens (tertiary/aromatic N) is 1. The van der Waals surface area contributed by atoms with Gasteiger partial charge in [-0.05, 0) is 35.4 Å². The molecule has 0 radical (unpaired) electrons. The van der Waals surface area contributed by atoms with Crippen molar-refractivity contribution < 1.29 is 9.18 Å². The highest BCUT2D eigenvalue weighted by Crippen LogP contribution is 2.29. The fraction of sp³-hybridized carbons (Fsp3) is 0.182. The summed E-state index contributed by atoms with van der Waals surface area (Å²) >= 11 is 0. The number of carbonyl (C=O) groups is 1. The van der Waals surface area contributed by atoms with Gasteiger partial charge in [-0.15, -0.1) is 0 Å². The number of amides is 1. The number of hydrogen-bond donors (Lipinski definition) is 2. The lowest BCUT2D eigenvalue weighted by Gasteiger charge is -2.19. The molecule has 0 bridgehead atoms. The summed E-state index contributed by atoms with van der Waals surface area (Å²) < 4.78 is 13.0. The van der Waals surface area contributed by atoms with Crippen molar-refractivity contribution in [1.82, 2.24) is 10.3 Å². The summed E-state index contributed by atoms with van der Waals surface area (Å²) in [4.78, 5) is 16.6. The monoisotopic (exact) mass is 361 g/mol. The maximum atomic E-state index is 13.0. The van der Waals surface area contributed by atoms with E-state index in [1.165, 1.54) is 17.8 Å². The second-order valence-corrected chi connectivity index (χ2v) is 6.72. The van der Waals surface area contributed by atoms with E-state index in [9.17, 15) is 9.18 Å². The summed E-state index contributed by atoms with van der Waals surface area (Å²) in [5, 5.41) is 6.36. The maximum Gasteiger partial charge on any atom is 0.229 e. The lowest BCUT2D eigenvalue weighted by atomic mass is 9.88. The zero-order valence-electron chi connectivity index (χ0n) is 14.7. The van der Waals surface area contributed by atoms with E-state index in [1.54, 1.807) is 6.07 Å². The van der Waals surface area contributed by atoms with Crippen molar-refractivity contribution in [2.24, 2.45) is 5.92 Å². The average Bonchev–Trinajstić information content (AvgIpc) is 3.19. The highest BCUT2D eigenvalue weighted by atomic mass is 19.1. The van der Waals surface area contributed by atoms with Gasteiger partial charge < -0.3 is 10.6 Å². The van der Waals surface area contributed by atoms with Gasteiger partial charge >= 0.3 is 0 Å².